The molecule has 7 atom stereocenters. The van der Waals surface area contributed by atoms with E-state index in [9.17, 15) is 23.8 Å². The molecule has 182 valence electrons. The maximum Gasteiger partial charge on any atom is 0.223 e. The van der Waals surface area contributed by atoms with E-state index in [1.54, 1.807) is 6.07 Å². The third kappa shape index (κ3) is 2.28. The Morgan fingerprint density at radius 2 is 1.97 bits per heavy atom. The van der Waals surface area contributed by atoms with E-state index in [2.05, 4.69) is 10.2 Å². The Balaban J connectivity index is 1.13. The number of hydrogen-bond acceptors (Lipinski definition) is 4. The van der Waals surface area contributed by atoms with E-state index in [-0.39, 0.29) is 35.2 Å². The molecule has 35 heavy (non-hydrogen) atoms. The van der Waals surface area contributed by atoms with Crippen LogP contribution < -0.4 is 5.32 Å². The van der Waals surface area contributed by atoms with Gasteiger partial charge in [0.25, 0.3) is 0 Å². The molecule has 0 aromatic heterocycles. The van der Waals surface area contributed by atoms with E-state index in [0.29, 0.717) is 24.8 Å². The molecule has 0 radical (unpaired) electrons. The highest BCUT2D eigenvalue weighted by atomic mass is 19.1. The molecule has 4 saturated carbocycles. The minimum absolute atomic E-state index is 0.0164. The molecular weight excluding hydrogens is 450 g/mol. The second-order valence-electron chi connectivity index (χ2n) is 12.1. The molecule has 5 fully saturated rings. The van der Waals surface area contributed by atoms with E-state index >= 15 is 0 Å². The number of amides is 1. The fraction of sp³-hybridized carbons (Fsp3) is 0.536. The number of nitrogens with one attached hydrogen (secondary N) is 1. The smallest absolute Gasteiger partial charge is 0.223 e. The van der Waals surface area contributed by atoms with Gasteiger partial charge in [-0.25, -0.2) is 8.78 Å². The molecule has 1 aliphatic heterocycles. The van der Waals surface area contributed by atoms with Crippen LogP contribution in [0.2, 0.25) is 0 Å². The number of halogens is 2. The highest BCUT2D eigenvalue weighted by Crippen LogP contribution is 2.89. The monoisotopic (exact) mass is 478 g/mol. The average molecular weight is 479 g/mol. The van der Waals surface area contributed by atoms with Crippen LogP contribution in [-0.2, 0) is 23.2 Å². The van der Waals surface area contributed by atoms with Crippen LogP contribution in [0.15, 0.2) is 36.4 Å². The van der Waals surface area contributed by atoms with Crippen LogP contribution in [0.1, 0.15) is 42.4 Å². The molecule has 5 nitrogen and oxygen atoms in total. The molecule has 1 amide bonds. The van der Waals surface area contributed by atoms with Crippen LogP contribution in [-0.4, -0.2) is 45.2 Å². The van der Waals surface area contributed by atoms with Crippen molar-refractivity contribution >= 4 is 5.91 Å². The number of hydrogen-bond donors (Lipinski definition) is 3. The van der Waals surface area contributed by atoms with Crippen molar-refractivity contribution in [3.05, 3.63) is 64.7 Å². The highest BCUT2D eigenvalue weighted by molar-refractivity contribution is 5.81. The summed E-state index contributed by atoms with van der Waals surface area (Å²) >= 11 is 0. The lowest BCUT2D eigenvalue weighted by molar-refractivity contribution is -0.151. The number of benzene rings is 2. The Labute approximate surface area is 202 Å². The number of aromatic hydroxyl groups is 1. The predicted molar refractivity (Wildman–Crippen MR) is 122 cm³/mol. The molecule has 8 rings (SSSR count). The SMILES string of the molecule is O=C(NCc1ccc(F)cc1F)[C@H]1C[C@@]2(O)[C@@H]3N(CC4CC4)C4C5C43Cc3ccc(O)cc3[C@]52C1. The first-order valence-corrected chi connectivity index (χ1v) is 12.8. The Hall–Kier alpha value is -2.51. The summed E-state index contributed by atoms with van der Waals surface area (Å²) < 4.78 is 27.4. The zero-order chi connectivity index (χ0) is 23.9. The minimum atomic E-state index is -1.02. The zero-order valence-corrected chi connectivity index (χ0v) is 19.3. The lowest BCUT2D eigenvalue weighted by atomic mass is 9.63. The second-order valence-corrected chi connectivity index (χ2v) is 12.1. The van der Waals surface area contributed by atoms with Crippen LogP contribution in [0, 0.1) is 34.8 Å². The quantitative estimate of drug-likeness (QED) is 0.618. The summed E-state index contributed by atoms with van der Waals surface area (Å²) in [5.41, 5.74) is 1.01. The van der Waals surface area contributed by atoms with E-state index in [1.807, 2.05) is 12.1 Å². The summed E-state index contributed by atoms with van der Waals surface area (Å²) in [6.45, 7) is 1.02. The number of nitrogens with zero attached hydrogens (tertiary/aromatic N) is 1. The fourth-order valence-corrected chi connectivity index (χ4v) is 9.33. The van der Waals surface area contributed by atoms with Crippen molar-refractivity contribution in [3.8, 4) is 5.75 Å². The summed E-state index contributed by atoms with van der Waals surface area (Å²) in [5, 5.41) is 25.7. The minimum Gasteiger partial charge on any atom is -0.508 e. The van der Waals surface area contributed by atoms with Crippen molar-refractivity contribution in [2.75, 3.05) is 6.54 Å². The zero-order valence-electron chi connectivity index (χ0n) is 19.3. The lowest BCUT2D eigenvalue weighted by Crippen LogP contribution is -2.70. The first kappa shape index (κ1) is 20.7. The van der Waals surface area contributed by atoms with Crippen LogP contribution in [0.25, 0.3) is 0 Å². The average Bonchev–Trinajstić information content (AvgIpc) is 3.68. The van der Waals surface area contributed by atoms with Gasteiger partial charge in [-0.2, -0.15) is 0 Å². The maximum absolute atomic E-state index is 14.1. The summed E-state index contributed by atoms with van der Waals surface area (Å²) in [4.78, 5) is 15.9. The Bertz CT molecular complexity index is 1310. The van der Waals surface area contributed by atoms with Gasteiger partial charge >= 0.3 is 0 Å². The molecule has 2 spiro atoms. The second kappa shape index (κ2) is 6.24. The molecule has 6 aliphatic rings. The van der Waals surface area contributed by atoms with Gasteiger partial charge in [0, 0.05) is 53.6 Å². The normalized spacial score (nSPS) is 41.6. The first-order valence-electron chi connectivity index (χ1n) is 12.8. The van der Waals surface area contributed by atoms with Crippen molar-refractivity contribution in [1.82, 2.24) is 10.2 Å². The van der Waals surface area contributed by atoms with Crippen LogP contribution in [0.5, 0.6) is 5.75 Å². The molecule has 7 heteroatoms. The number of likely N-dealkylation sites (tertiary alicyclic amines) is 1. The molecule has 2 aromatic carbocycles. The van der Waals surface area contributed by atoms with E-state index in [4.69, 9.17) is 0 Å². The van der Waals surface area contributed by atoms with Crippen molar-refractivity contribution in [2.45, 2.75) is 61.7 Å². The molecular formula is C28H28F2N2O3. The predicted octanol–water partition coefficient (Wildman–Crippen LogP) is 3.01. The van der Waals surface area contributed by atoms with E-state index in [1.165, 1.54) is 30.5 Å². The number of piperidine rings is 1. The van der Waals surface area contributed by atoms with Crippen molar-refractivity contribution in [3.63, 3.8) is 0 Å². The molecule has 3 unspecified atom stereocenters. The van der Waals surface area contributed by atoms with Crippen LogP contribution in [0.4, 0.5) is 8.78 Å². The Kier molecular flexibility index (Phi) is 3.68. The number of fused-ring (bicyclic) bond motifs is 2. The number of carbonyl (C=O) groups is 1. The van der Waals surface area contributed by atoms with E-state index < -0.39 is 28.6 Å². The Morgan fingerprint density at radius 1 is 1.14 bits per heavy atom. The maximum atomic E-state index is 14.1. The van der Waals surface area contributed by atoms with E-state index in [0.717, 1.165) is 30.5 Å². The fourth-order valence-electron chi connectivity index (χ4n) is 9.33. The molecule has 1 saturated heterocycles. The third-order valence-corrected chi connectivity index (χ3v) is 10.5. The molecule has 2 bridgehead atoms. The van der Waals surface area contributed by atoms with Gasteiger partial charge in [-0.05, 0) is 73.3 Å². The van der Waals surface area contributed by atoms with Gasteiger partial charge in [0.05, 0.1) is 5.60 Å². The summed E-state index contributed by atoms with van der Waals surface area (Å²) in [7, 11) is 0. The molecule has 2 aromatic rings. The van der Waals surface area contributed by atoms with Gasteiger partial charge < -0.3 is 15.5 Å². The number of phenols is 1. The number of phenolic OH excluding ortho intramolecular Hbond substituents is 1. The number of carbonyl (C=O) groups excluding carboxylic acids is 1. The van der Waals surface area contributed by atoms with Gasteiger partial charge in [-0.3, -0.25) is 9.69 Å². The highest BCUT2D eigenvalue weighted by Gasteiger charge is 2.98. The summed E-state index contributed by atoms with van der Waals surface area (Å²) in [6, 6.07) is 9.43. The summed E-state index contributed by atoms with van der Waals surface area (Å²) in [6.07, 6.45) is 4.37. The lowest BCUT2D eigenvalue weighted by Gasteiger charge is -2.56. The molecule has 5 aliphatic carbocycles. The first-order chi connectivity index (χ1) is 16.8. The number of rotatable bonds is 5. The van der Waals surface area contributed by atoms with Crippen molar-refractivity contribution in [1.29, 1.82) is 0 Å². The summed E-state index contributed by atoms with van der Waals surface area (Å²) in [5.74, 6) is -0.693. The van der Waals surface area contributed by atoms with Gasteiger partial charge in [-0.1, -0.05) is 12.1 Å². The largest absolute Gasteiger partial charge is 0.508 e. The standard InChI is InChI=1S/C28H28F2N2O3/c29-18-5-3-16(21(30)7-18)12-31-24(34)17-10-27-20-8-19(33)6-4-15(20)9-26-22(27)23(26)32(13-14-1-2-14)25(26)28(27,35)11-17/h3-8,14,17,22-23,25,33,35H,1-2,9-13H2,(H,31,34)/t17-,22?,23?,25-,26?,27-,28-/m1/s1. The van der Waals surface area contributed by atoms with Gasteiger partial charge in [-0.15, -0.1) is 0 Å². The molecule has 3 N–H and O–H groups in total. The van der Waals surface area contributed by atoms with Gasteiger partial charge in [0.15, 0.2) is 0 Å². The van der Waals surface area contributed by atoms with Crippen molar-refractivity contribution in [2.24, 2.45) is 23.2 Å². The van der Waals surface area contributed by atoms with Gasteiger partial charge in [0.1, 0.15) is 17.4 Å². The third-order valence-electron chi connectivity index (χ3n) is 10.5. The Morgan fingerprint density at radius 3 is 2.74 bits per heavy atom. The van der Waals surface area contributed by atoms with Crippen LogP contribution >= 0.6 is 0 Å². The topological polar surface area (TPSA) is 72.8 Å². The van der Waals surface area contributed by atoms with Crippen LogP contribution in [0.3, 0.4) is 0 Å². The molecule has 1 heterocycles. The van der Waals surface area contributed by atoms with Gasteiger partial charge in [0.2, 0.25) is 5.91 Å². The van der Waals surface area contributed by atoms with Crippen molar-refractivity contribution < 1.29 is 23.8 Å². The number of aliphatic hydroxyl groups is 1.